The summed E-state index contributed by atoms with van der Waals surface area (Å²) < 4.78 is 27.4. The fourth-order valence-corrected chi connectivity index (χ4v) is 5.74. The van der Waals surface area contributed by atoms with Gasteiger partial charge in [-0.15, -0.1) is 0 Å². The van der Waals surface area contributed by atoms with Crippen molar-refractivity contribution in [3.05, 3.63) is 47.9 Å². The number of aromatic nitrogens is 2. The topological polar surface area (TPSA) is 86.7 Å². The number of benzene rings is 1. The highest BCUT2D eigenvalue weighted by atomic mass is 32.2. The van der Waals surface area contributed by atoms with Gasteiger partial charge in [0, 0.05) is 65.1 Å². The average molecular weight is 444 g/mol. The number of likely N-dealkylation sites (N-methyl/N-ethyl adjacent to an activating group) is 1. The minimum Gasteiger partial charge on any atom is -0.363 e. The maximum atomic E-state index is 12.9. The normalized spacial score (nSPS) is 20.9. The van der Waals surface area contributed by atoms with Crippen LogP contribution in [0.4, 0.5) is 5.82 Å². The Bertz CT molecular complexity index is 1050. The highest BCUT2D eigenvalue weighted by Gasteiger charge is 2.33. The number of carbonyl (C=O) groups excluding carboxylic acids is 1. The van der Waals surface area contributed by atoms with Crippen molar-refractivity contribution in [3.63, 3.8) is 0 Å². The highest BCUT2D eigenvalue weighted by molar-refractivity contribution is 7.89. The number of likely N-dealkylation sites (tertiary alicyclic amines) is 1. The Morgan fingerprint density at radius 3 is 2.29 bits per heavy atom. The van der Waals surface area contributed by atoms with Gasteiger partial charge in [-0.25, -0.2) is 18.4 Å². The number of rotatable bonds is 5. The van der Waals surface area contributed by atoms with Crippen molar-refractivity contribution in [2.45, 2.75) is 36.0 Å². The number of sulfonamides is 1. The van der Waals surface area contributed by atoms with Crippen molar-refractivity contribution in [1.82, 2.24) is 19.2 Å². The van der Waals surface area contributed by atoms with Crippen molar-refractivity contribution >= 4 is 21.7 Å². The quantitative estimate of drug-likeness (QED) is 0.703. The predicted octanol–water partition coefficient (Wildman–Crippen LogP) is 2.06. The van der Waals surface area contributed by atoms with E-state index in [1.165, 1.54) is 0 Å². The van der Waals surface area contributed by atoms with Crippen molar-refractivity contribution in [3.8, 4) is 0 Å². The van der Waals surface area contributed by atoms with Gasteiger partial charge in [-0.3, -0.25) is 4.79 Å². The monoisotopic (exact) mass is 443 g/mol. The van der Waals surface area contributed by atoms with Crippen LogP contribution in [0.25, 0.3) is 0 Å². The van der Waals surface area contributed by atoms with Crippen LogP contribution in [-0.2, 0) is 14.8 Å². The van der Waals surface area contributed by atoms with Gasteiger partial charge in [-0.1, -0.05) is 18.2 Å². The van der Waals surface area contributed by atoms with Crippen LogP contribution in [-0.4, -0.2) is 74.3 Å². The zero-order valence-electron chi connectivity index (χ0n) is 18.2. The summed E-state index contributed by atoms with van der Waals surface area (Å²) in [6.45, 7) is 1.55. The maximum absolute atomic E-state index is 12.9. The third-order valence-corrected chi connectivity index (χ3v) is 8.08. The zero-order chi connectivity index (χ0) is 22.2. The van der Waals surface area contributed by atoms with Crippen LogP contribution in [0.15, 0.2) is 41.3 Å². The molecule has 0 N–H and O–H groups in total. The molecule has 3 heterocycles. The summed E-state index contributed by atoms with van der Waals surface area (Å²) in [6, 6.07) is 10.5. The SMILES string of the molecule is CN1CC(c2cc(N(C)C)nc(C3CCN(S(=O)(=O)c4ccccc4)CC3)n2)CC1=O. The molecule has 31 heavy (non-hydrogen) atoms. The summed E-state index contributed by atoms with van der Waals surface area (Å²) in [6.07, 6.45) is 1.81. The fourth-order valence-electron chi connectivity index (χ4n) is 4.25. The number of hydrogen-bond donors (Lipinski definition) is 0. The van der Waals surface area contributed by atoms with Crippen molar-refractivity contribution in [1.29, 1.82) is 0 Å². The minimum absolute atomic E-state index is 0.0662. The number of hydrogen-bond acceptors (Lipinski definition) is 6. The summed E-state index contributed by atoms with van der Waals surface area (Å²) in [4.78, 5) is 25.7. The molecule has 2 aliphatic rings. The molecule has 1 amide bonds. The average Bonchev–Trinajstić information content (AvgIpc) is 3.12. The maximum Gasteiger partial charge on any atom is 0.243 e. The zero-order valence-corrected chi connectivity index (χ0v) is 19.0. The Labute approximate surface area is 183 Å². The van der Waals surface area contributed by atoms with Crippen LogP contribution in [0.2, 0.25) is 0 Å². The molecule has 1 aromatic carbocycles. The molecule has 4 rings (SSSR count). The number of amides is 1. The van der Waals surface area contributed by atoms with E-state index in [0.717, 1.165) is 17.3 Å². The van der Waals surface area contributed by atoms with Crippen LogP contribution in [0, 0.1) is 0 Å². The van der Waals surface area contributed by atoms with Crippen LogP contribution in [0.5, 0.6) is 0 Å². The largest absolute Gasteiger partial charge is 0.363 e. The summed E-state index contributed by atoms with van der Waals surface area (Å²) in [5.74, 6) is 1.87. The van der Waals surface area contributed by atoms with E-state index in [9.17, 15) is 13.2 Å². The van der Waals surface area contributed by atoms with E-state index in [0.29, 0.717) is 43.8 Å². The molecule has 166 valence electrons. The highest BCUT2D eigenvalue weighted by Crippen LogP contribution is 2.33. The molecule has 9 heteroatoms. The lowest BCUT2D eigenvalue weighted by Gasteiger charge is -2.31. The second-order valence-electron chi connectivity index (χ2n) is 8.57. The van der Waals surface area contributed by atoms with Gasteiger partial charge in [-0.2, -0.15) is 4.31 Å². The molecule has 0 aliphatic carbocycles. The molecular formula is C22H29N5O3S. The van der Waals surface area contributed by atoms with E-state index in [2.05, 4.69) is 0 Å². The van der Waals surface area contributed by atoms with Gasteiger partial charge < -0.3 is 9.80 Å². The Kier molecular flexibility index (Phi) is 5.98. The molecule has 2 fully saturated rings. The predicted molar refractivity (Wildman–Crippen MR) is 119 cm³/mol. The molecule has 0 radical (unpaired) electrons. The van der Waals surface area contributed by atoms with Crippen molar-refractivity contribution < 1.29 is 13.2 Å². The van der Waals surface area contributed by atoms with E-state index in [1.807, 2.05) is 38.2 Å². The Hall–Kier alpha value is -2.52. The minimum atomic E-state index is -3.48. The van der Waals surface area contributed by atoms with Gasteiger partial charge >= 0.3 is 0 Å². The van der Waals surface area contributed by atoms with Gasteiger partial charge in [0.25, 0.3) is 0 Å². The number of anilines is 1. The first-order chi connectivity index (χ1) is 14.8. The van der Waals surface area contributed by atoms with Crippen molar-refractivity contribution in [2.24, 2.45) is 0 Å². The number of carbonyl (C=O) groups is 1. The molecule has 0 bridgehead atoms. The first-order valence-corrected chi connectivity index (χ1v) is 12.0. The molecule has 8 nitrogen and oxygen atoms in total. The van der Waals surface area contributed by atoms with E-state index in [-0.39, 0.29) is 17.7 Å². The lowest BCUT2D eigenvalue weighted by molar-refractivity contribution is -0.126. The molecule has 1 aromatic heterocycles. The Morgan fingerprint density at radius 2 is 1.71 bits per heavy atom. The number of piperidine rings is 1. The van der Waals surface area contributed by atoms with Crippen LogP contribution in [0.1, 0.15) is 42.6 Å². The van der Waals surface area contributed by atoms with Crippen LogP contribution in [0.3, 0.4) is 0 Å². The Morgan fingerprint density at radius 1 is 1.03 bits per heavy atom. The third kappa shape index (κ3) is 4.43. The fraction of sp³-hybridized carbons (Fsp3) is 0.500. The van der Waals surface area contributed by atoms with Gasteiger partial charge in [-0.05, 0) is 25.0 Å². The van der Waals surface area contributed by atoms with E-state index < -0.39 is 10.0 Å². The summed E-state index contributed by atoms with van der Waals surface area (Å²) in [5.41, 5.74) is 0.894. The lowest BCUT2D eigenvalue weighted by atomic mass is 9.96. The van der Waals surface area contributed by atoms with Gasteiger partial charge in [0.2, 0.25) is 15.9 Å². The van der Waals surface area contributed by atoms with E-state index >= 15 is 0 Å². The lowest BCUT2D eigenvalue weighted by Crippen LogP contribution is -2.38. The summed E-state index contributed by atoms with van der Waals surface area (Å²) in [5, 5.41) is 0. The van der Waals surface area contributed by atoms with Crippen LogP contribution < -0.4 is 4.90 Å². The number of nitrogens with zero attached hydrogens (tertiary/aromatic N) is 5. The first kappa shape index (κ1) is 21.7. The van der Waals surface area contributed by atoms with E-state index in [1.54, 1.807) is 33.5 Å². The molecule has 0 saturated carbocycles. The van der Waals surface area contributed by atoms with Gasteiger partial charge in [0.1, 0.15) is 11.6 Å². The molecule has 0 spiro atoms. The first-order valence-electron chi connectivity index (χ1n) is 10.6. The molecule has 1 unspecified atom stereocenters. The van der Waals surface area contributed by atoms with Crippen LogP contribution >= 0.6 is 0 Å². The standard InChI is InChI=1S/C22H29N5O3S/c1-25(2)20-14-19(17-13-21(28)26(3)15-17)23-22(24-20)16-9-11-27(12-10-16)31(29,30)18-7-5-4-6-8-18/h4-8,14,16-17H,9-13,15H2,1-3H3. The molecule has 2 saturated heterocycles. The smallest absolute Gasteiger partial charge is 0.243 e. The Balaban J connectivity index is 1.53. The second-order valence-corrected chi connectivity index (χ2v) is 10.5. The third-order valence-electron chi connectivity index (χ3n) is 6.17. The second kappa shape index (κ2) is 8.55. The molecule has 1 atom stereocenters. The van der Waals surface area contributed by atoms with Gasteiger partial charge in [0.15, 0.2) is 0 Å². The summed E-state index contributed by atoms with van der Waals surface area (Å²) >= 11 is 0. The molecular weight excluding hydrogens is 414 g/mol. The van der Waals surface area contributed by atoms with Crippen molar-refractivity contribution in [2.75, 3.05) is 45.7 Å². The van der Waals surface area contributed by atoms with E-state index in [4.69, 9.17) is 9.97 Å². The molecule has 2 aliphatic heterocycles. The summed E-state index contributed by atoms with van der Waals surface area (Å²) in [7, 11) is 2.22. The van der Waals surface area contributed by atoms with Gasteiger partial charge in [0.05, 0.1) is 10.6 Å². The molecule has 2 aromatic rings.